The minimum absolute atomic E-state index is 0.133. The molecule has 2 fully saturated rings. The number of fused-ring (bicyclic) bond motifs is 2. The molecule has 0 amide bonds. The fourth-order valence-electron chi connectivity index (χ4n) is 4.35. The minimum Gasteiger partial charge on any atom is -0.354 e. The van der Waals surface area contributed by atoms with Crippen LogP contribution in [0.2, 0.25) is 0 Å². The molecule has 2 atom stereocenters. The molecule has 0 aromatic carbocycles. The van der Waals surface area contributed by atoms with Gasteiger partial charge in [-0.2, -0.15) is 4.31 Å². The molecule has 0 radical (unpaired) electrons. The van der Waals surface area contributed by atoms with E-state index in [9.17, 15) is 8.42 Å². The van der Waals surface area contributed by atoms with Crippen LogP contribution in [0.25, 0.3) is 11.2 Å². The zero-order valence-electron chi connectivity index (χ0n) is 16.7. The largest absolute Gasteiger partial charge is 0.354 e. The minimum atomic E-state index is -3.57. The Balaban J connectivity index is 1.34. The molecule has 5 heterocycles. The highest BCUT2D eigenvalue weighted by Crippen LogP contribution is 2.37. The van der Waals surface area contributed by atoms with Gasteiger partial charge >= 0.3 is 0 Å². The van der Waals surface area contributed by atoms with Crippen molar-refractivity contribution in [1.29, 1.82) is 0 Å². The van der Waals surface area contributed by atoms with Crippen molar-refractivity contribution in [2.75, 3.05) is 31.1 Å². The van der Waals surface area contributed by atoms with Gasteiger partial charge in [0.2, 0.25) is 0 Å². The van der Waals surface area contributed by atoms with E-state index in [0.29, 0.717) is 13.1 Å². The number of nitrogens with zero attached hydrogens (tertiary/aromatic N) is 8. The van der Waals surface area contributed by atoms with E-state index in [0.717, 1.165) is 30.1 Å². The average Bonchev–Trinajstić information content (AvgIpc) is 3.44. The summed E-state index contributed by atoms with van der Waals surface area (Å²) in [6, 6.07) is 0.175. The summed E-state index contributed by atoms with van der Waals surface area (Å²) in [7, 11) is -1.65. The van der Waals surface area contributed by atoms with Crippen molar-refractivity contribution in [2.24, 2.45) is 18.9 Å². The maximum Gasteiger partial charge on any atom is 0.262 e. The average molecular weight is 417 g/mol. The highest BCUT2D eigenvalue weighted by molar-refractivity contribution is 7.89. The molecule has 0 N–H and O–H groups in total. The third kappa shape index (κ3) is 2.91. The quantitative estimate of drug-likeness (QED) is 0.623. The number of rotatable bonds is 4. The van der Waals surface area contributed by atoms with E-state index in [1.54, 1.807) is 29.5 Å². The van der Waals surface area contributed by atoms with Crippen LogP contribution in [-0.4, -0.2) is 68.0 Å². The third-order valence-corrected chi connectivity index (χ3v) is 7.73. The highest BCUT2D eigenvalue weighted by Gasteiger charge is 2.45. The Labute approximate surface area is 169 Å². The number of sulfonamides is 1. The normalized spacial score (nSPS) is 22.8. The van der Waals surface area contributed by atoms with Crippen molar-refractivity contribution >= 4 is 27.0 Å². The number of aromatic nitrogens is 6. The number of hydrogen-bond donors (Lipinski definition) is 0. The van der Waals surface area contributed by atoms with E-state index in [2.05, 4.69) is 24.8 Å². The summed E-state index contributed by atoms with van der Waals surface area (Å²) in [6.07, 6.45) is 6.52. The van der Waals surface area contributed by atoms with Crippen molar-refractivity contribution < 1.29 is 8.42 Å². The van der Waals surface area contributed by atoms with Crippen molar-refractivity contribution in [3.8, 4) is 0 Å². The molecule has 154 valence electrons. The maximum absolute atomic E-state index is 13.0. The summed E-state index contributed by atoms with van der Waals surface area (Å²) in [5, 5.41) is 0.133. The number of aryl methyl sites for hydroxylation is 1. The second-order valence-electron chi connectivity index (χ2n) is 8.22. The number of imidazole rings is 2. The lowest BCUT2D eigenvalue weighted by atomic mass is 10.0. The van der Waals surface area contributed by atoms with Crippen LogP contribution in [0, 0.1) is 11.8 Å². The topological polar surface area (TPSA) is 102 Å². The van der Waals surface area contributed by atoms with Gasteiger partial charge in [-0.1, -0.05) is 0 Å². The predicted molar refractivity (Wildman–Crippen MR) is 107 cm³/mol. The zero-order chi connectivity index (χ0) is 20.3. The summed E-state index contributed by atoms with van der Waals surface area (Å²) in [6.45, 7) is 6.54. The van der Waals surface area contributed by atoms with Gasteiger partial charge in [0, 0.05) is 45.5 Å². The van der Waals surface area contributed by atoms with Crippen LogP contribution in [0.15, 0.2) is 30.2 Å². The van der Waals surface area contributed by atoms with Crippen molar-refractivity contribution in [1.82, 2.24) is 33.4 Å². The fraction of sp³-hybridized carbons (Fsp3) is 0.556. The van der Waals surface area contributed by atoms with Crippen LogP contribution in [0.3, 0.4) is 0 Å². The molecule has 0 aliphatic carbocycles. The second kappa shape index (κ2) is 6.49. The summed E-state index contributed by atoms with van der Waals surface area (Å²) in [5.41, 5.74) is 1.59. The smallest absolute Gasteiger partial charge is 0.262 e. The van der Waals surface area contributed by atoms with Crippen LogP contribution in [-0.2, 0) is 17.1 Å². The standard InChI is InChI=1S/C18H24N8O2S/c1-12(2)25-8-15(21-11-25)29(27,28)26-6-13-4-24(5-14(13)7-26)18-16-17(19-9-20-18)23(3)10-22-16/h8-14H,4-7H2,1-3H3. The molecule has 0 spiro atoms. The molecule has 0 saturated carbocycles. The summed E-state index contributed by atoms with van der Waals surface area (Å²) in [4.78, 5) is 19.6. The molecule has 2 unspecified atom stereocenters. The van der Waals surface area contributed by atoms with Crippen LogP contribution in [0.1, 0.15) is 19.9 Å². The van der Waals surface area contributed by atoms with E-state index >= 15 is 0 Å². The number of anilines is 1. The zero-order valence-corrected chi connectivity index (χ0v) is 17.5. The monoisotopic (exact) mass is 416 g/mol. The van der Waals surface area contributed by atoms with Gasteiger partial charge < -0.3 is 14.0 Å². The first-order chi connectivity index (χ1) is 13.8. The summed E-state index contributed by atoms with van der Waals surface area (Å²) >= 11 is 0. The van der Waals surface area contributed by atoms with E-state index in [1.165, 1.54) is 0 Å². The molecular weight excluding hydrogens is 392 g/mol. The molecule has 2 aliphatic rings. The Morgan fingerprint density at radius 3 is 2.38 bits per heavy atom. The molecule has 10 nitrogen and oxygen atoms in total. The van der Waals surface area contributed by atoms with Gasteiger partial charge in [0.1, 0.15) is 6.33 Å². The van der Waals surface area contributed by atoms with Gasteiger partial charge in [-0.3, -0.25) is 0 Å². The van der Waals surface area contributed by atoms with Gasteiger partial charge in [0.05, 0.1) is 12.7 Å². The summed E-state index contributed by atoms with van der Waals surface area (Å²) < 4.78 is 31.3. The van der Waals surface area contributed by atoms with Gasteiger partial charge in [0.25, 0.3) is 10.0 Å². The Hall–Kier alpha value is -2.53. The SMILES string of the molecule is CC(C)n1cnc(S(=O)(=O)N2CC3CN(c4ncnc5c4ncn5C)CC3C2)c1. The van der Waals surface area contributed by atoms with Crippen LogP contribution in [0.5, 0.6) is 0 Å². The maximum atomic E-state index is 13.0. The second-order valence-corrected chi connectivity index (χ2v) is 10.1. The molecule has 5 rings (SSSR count). The molecule has 2 aliphatic heterocycles. The third-order valence-electron chi connectivity index (χ3n) is 6.01. The van der Waals surface area contributed by atoms with Gasteiger partial charge in [-0.15, -0.1) is 0 Å². The van der Waals surface area contributed by atoms with E-state index in [1.807, 2.05) is 30.0 Å². The van der Waals surface area contributed by atoms with E-state index < -0.39 is 10.0 Å². The number of hydrogen-bond acceptors (Lipinski definition) is 7. The van der Waals surface area contributed by atoms with Gasteiger partial charge in [0.15, 0.2) is 22.0 Å². The van der Waals surface area contributed by atoms with Crippen molar-refractivity contribution in [3.63, 3.8) is 0 Å². The lowest BCUT2D eigenvalue weighted by molar-refractivity contribution is 0.450. The van der Waals surface area contributed by atoms with Crippen molar-refractivity contribution in [2.45, 2.75) is 24.9 Å². The first kappa shape index (κ1) is 18.5. The summed E-state index contributed by atoms with van der Waals surface area (Å²) in [5.74, 6) is 1.37. The fourth-order valence-corrected chi connectivity index (χ4v) is 5.82. The highest BCUT2D eigenvalue weighted by atomic mass is 32.2. The van der Waals surface area contributed by atoms with Crippen LogP contribution >= 0.6 is 0 Å². The molecule has 0 bridgehead atoms. The van der Waals surface area contributed by atoms with Crippen LogP contribution in [0.4, 0.5) is 5.82 Å². The Morgan fingerprint density at radius 2 is 1.72 bits per heavy atom. The van der Waals surface area contributed by atoms with Gasteiger partial charge in [-0.25, -0.2) is 28.4 Å². The molecule has 3 aromatic rings. The molecule has 11 heteroatoms. The first-order valence-corrected chi connectivity index (χ1v) is 11.2. The molecule has 29 heavy (non-hydrogen) atoms. The van der Waals surface area contributed by atoms with Gasteiger partial charge in [-0.05, 0) is 25.7 Å². The van der Waals surface area contributed by atoms with E-state index in [-0.39, 0.29) is 22.9 Å². The molecule has 2 saturated heterocycles. The predicted octanol–water partition coefficient (Wildman–Crippen LogP) is 0.898. The van der Waals surface area contributed by atoms with E-state index in [4.69, 9.17) is 0 Å². The Bertz CT molecular complexity index is 1150. The van der Waals surface area contributed by atoms with Crippen molar-refractivity contribution in [3.05, 3.63) is 25.2 Å². The van der Waals surface area contributed by atoms with Crippen LogP contribution < -0.4 is 4.90 Å². The molecular formula is C18H24N8O2S. The first-order valence-electron chi connectivity index (χ1n) is 9.75. The molecule has 3 aromatic heterocycles. The lowest BCUT2D eigenvalue weighted by Crippen LogP contribution is -2.33. The Kier molecular flexibility index (Phi) is 4.14. The lowest BCUT2D eigenvalue weighted by Gasteiger charge is -2.21. The Morgan fingerprint density at radius 1 is 1.00 bits per heavy atom.